The maximum absolute atomic E-state index is 11.8. The van der Waals surface area contributed by atoms with Gasteiger partial charge in [0.15, 0.2) is 0 Å². The van der Waals surface area contributed by atoms with Crippen LogP contribution in [0.25, 0.3) is 0 Å². The van der Waals surface area contributed by atoms with Crippen LogP contribution >= 0.6 is 0 Å². The zero-order valence-corrected chi connectivity index (χ0v) is 9.50. The van der Waals surface area contributed by atoms with Crippen molar-refractivity contribution < 1.29 is 14.4 Å². The maximum atomic E-state index is 11.8. The van der Waals surface area contributed by atoms with Gasteiger partial charge in [0, 0.05) is 0 Å². The number of hydrogen-bond acceptors (Lipinski definition) is 3. The molecule has 0 unspecified atom stereocenters. The molecule has 0 atom stereocenters. The molecule has 1 aliphatic heterocycles. The molecule has 4 amide bonds. The molecule has 0 spiro atoms. The van der Waals surface area contributed by atoms with E-state index in [0.29, 0.717) is 6.42 Å². The maximum Gasteiger partial charge on any atom is 0.328 e. The van der Waals surface area contributed by atoms with E-state index in [1.807, 2.05) is 6.92 Å². The van der Waals surface area contributed by atoms with E-state index in [2.05, 4.69) is 10.6 Å². The molecule has 16 heavy (non-hydrogen) atoms. The zero-order valence-electron chi connectivity index (χ0n) is 9.50. The summed E-state index contributed by atoms with van der Waals surface area (Å²) in [6.45, 7) is 3.72. The molecule has 1 saturated heterocycles. The first-order valence-corrected chi connectivity index (χ1v) is 5.37. The van der Waals surface area contributed by atoms with Crippen molar-refractivity contribution in [2.75, 3.05) is 0 Å². The second-order valence-electron chi connectivity index (χ2n) is 3.81. The summed E-state index contributed by atoms with van der Waals surface area (Å²) in [5.74, 6) is -1.07. The van der Waals surface area contributed by atoms with Gasteiger partial charge in [-0.3, -0.25) is 20.2 Å². The first-order valence-electron chi connectivity index (χ1n) is 5.37. The molecule has 1 rings (SSSR count). The van der Waals surface area contributed by atoms with Gasteiger partial charge >= 0.3 is 6.03 Å². The monoisotopic (exact) mass is 224 g/mol. The predicted octanol–water partition coefficient (Wildman–Crippen LogP) is 1.11. The van der Waals surface area contributed by atoms with Gasteiger partial charge in [-0.15, -0.1) is 0 Å². The van der Waals surface area contributed by atoms with Crippen molar-refractivity contribution in [3.8, 4) is 0 Å². The van der Waals surface area contributed by atoms with Crippen molar-refractivity contribution in [1.29, 1.82) is 0 Å². The van der Waals surface area contributed by atoms with E-state index in [4.69, 9.17) is 0 Å². The minimum absolute atomic E-state index is 0.415. The summed E-state index contributed by atoms with van der Waals surface area (Å²) in [5.41, 5.74) is -1.22. The lowest BCUT2D eigenvalue weighted by molar-refractivity contribution is -0.141. The average Bonchev–Trinajstić information content (AvgIpc) is 2.22. The molecule has 5 heteroatoms. The number of carbonyl (C=O) groups excluding carboxylic acids is 3. The quantitative estimate of drug-likeness (QED) is 0.554. The van der Waals surface area contributed by atoms with Crippen molar-refractivity contribution in [2.45, 2.75) is 33.1 Å². The van der Waals surface area contributed by atoms with Crippen LogP contribution in [0, 0.1) is 5.41 Å². The van der Waals surface area contributed by atoms with Crippen LogP contribution in [0.4, 0.5) is 4.79 Å². The molecule has 1 fully saturated rings. The van der Waals surface area contributed by atoms with E-state index in [9.17, 15) is 14.4 Å². The minimum Gasteiger partial charge on any atom is -0.277 e. The normalized spacial score (nSPS) is 19.8. The fourth-order valence-corrected chi connectivity index (χ4v) is 1.77. The van der Waals surface area contributed by atoms with Crippen LogP contribution in [0.5, 0.6) is 0 Å². The predicted molar refractivity (Wildman–Crippen MR) is 58.5 cm³/mol. The number of imide groups is 2. The Morgan fingerprint density at radius 3 is 2.19 bits per heavy atom. The zero-order chi connectivity index (χ0) is 12.2. The van der Waals surface area contributed by atoms with Crippen molar-refractivity contribution in [3.05, 3.63) is 12.2 Å². The van der Waals surface area contributed by atoms with Gasteiger partial charge in [0.1, 0.15) is 5.41 Å². The summed E-state index contributed by atoms with van der Waals surface area (Å²) in [4.78, 5) is 34.5. The second-order valence-corrected chi connectivity index (χ2v) is 3.81. The Kier molecular flexibility index (Phi) is 3.82. The lowest BCUT2D eigenvalue weighted by Crippen LogP contribution is -2.61. The Morgan fingerprint density at radius 1 is 1.19 bits per heavy atom. The lowest BCUT2D eigenvalue weighted by Gasteiger charge is -2.31. The molecule has 0 bridgehead atoms. The molecule has 0 aromatic rings. The number of allylic oxidation sites excluding steroid dienone is 1. The molecule has 1 heterocycles. The molecule has 5 nitrogen and oxygen atoms in total. The summed E-state index contributed by atoms with van der Waals surface area (Å²) >= 11 is 0. The van der Waals surface area contributed by atoms with Crippen molar-refractivity contribution in [1.82, 2.24) is 10.6 Å². The Balaban J connectivity index is 3.01. The topological polar surface area (TPSA) is 75.3 Å². The van der Waals surface area contributed by atoms with Crippen LogP contribution < -0.4 is 10.6 Å². The fourth-order valence-electron chi connectivity index (χ4n) is 1.77. The lowest BCUT2D eigenvalue weighted by atomic mass is 9.79. The second kappa shape index (κ2) is 4.92. The summed E-state index contributed by atoms with van der Waals surface area (Å²) in [5, 5.41) is 4.27. The van der Waals surface area contributed by atoms with Gasteiger partial charge < -0.3 is 0 Å². The number of rotatable bonds is 4. The van der Waals surface area contributed by atoms with Gasteiger partial charge in [-0.05, 0) is 13.3 Å². The molecule has 2 N–H and O–H groups in total. The van der Waals surface area contributed by atoms with Crippen molar-refractivity contribution in [2.24, 2.45) is 5.41 Å². The van der Waals surface area contributed by atoms with E-state index in [1.54, 1.807) is 19.1 Å². The minimum atomic E-state index is -1.22. The standard InChI is InChI=1S/C11H16N2O3/c1-3-5-7-11(6-4-2)8(14)12-10(16)13-9(11)15/h4,6H,3,5,7H2,1-2H3,(H2,12,13,14,15,16). The first kappa shape index (κ1) is 12.4. The number of unbranched alkanes of at least 4 members (excludes halogenated alkanes) is 1. The molecule has 0 radical (unpaired) electrons. The largest absolute Gasteiger partial charge is 0.328 e. The van der Waals surface area contributed by atoms with Crippen LogP contribution in [-0.4, -0.2) is 17.8 Å². The number of nitrogens with one attached hydrogen (secondary N) is 2. The first-order chi connectivity index (χ1) is 7.56. The Hall–Kier alpha value is -1.65. The Morgan fingerprint density at radius 2 is 1.75 bits per heavy atom. The third kappa shape index (κ3) is 2.13. The summed E-state index contributed by atoms with van der Waals surface area (Å²) in [6, 6.07) is -0.744. The molecule has 0 aromatic carbocycles. The van der Waals surface area contributed by atoms with Gasteiger partial charge in [0.2, 0.25) is 11.8 Å². The average molecular weight is 224 g/mol. The number of urea groups is 1. The molecule has 0 aliphatic carbocycles. The third-order valence-electron chi connectivity index (χ3n) is 2.64. The molecular formula is C11H16N2O3. The summed E-state index contributed by atoms with van der Waals surface area (Å²) in [7, 11) is 0. The fraction of sp³-hybridized carbons (Fsp3) is 0.545. The van der Waals surface area contributed by atoms with Gasteiger partial charge in [-0.2, -0.15) is 0 Å². The number of hydrogen-bond donors (Lipinski definition) is 2. The van der Waals surface area contributed by atoms with E-state index in [1.165, 1.54) is 0 Å². The molecule has 1 aliphatic rings. The van der Waals surface area contributed by atoms with E-state index < -0.39 is 23.3 Å². The van der Waals surface area contributed by atoms with E-state index >= 15 is 0 Å². The molecule has 0 aromatic heterocycles. The smallest absolute Gasteiger partial charge is 0.277 e. The number of amides is 4. The number of carbonyl (C=O) groups is 3. The van der Waals surface area contributed by atoms with Crippen LogP contribution in [0.2, 0.25) is 0 Å². The summed E-state index contributed by atoms with van der Waals surface area (Å²) < 4.78 is 0. The highest BCUT2D eigenvalue weighted by atomic mass is 16.2. The van der Waals surface area contributed by atoms with Crippen LogP contribution in [0.3, 0.4) is 0 Å². The highest BCUT2D eigenvalue weighted by molar-refractivity contribution is 6.20. The summed E-state index contributed by atoms with van der Waals surface area (Å²) in [6.07, 6.45) is 5.26. The van der Waals surface area contributed by atoms with Gasteiger partial charge in [-0.25, -0.2) is 4.79 Å². The van der Waals surface area contributed by atoms with Crippen molar-refractivity contribution in [3.63, 3.8) is 0 Å². The third-order valence-corrected chi connectivity index (χ3v) is 2.64. The van der Waals surface area contributed by atoms with Crippen LogP contribution in [-0.2, 0) is 9.59 Å². The van der Waals surface area contributed by atoms with Gasteiger partial charge in [0.25, 0.3) is 0 Å². The Labute approximate surface area is 94.3 Å². The molecule has 88 valence electrons. The Bertz CT molecular complexity index is 327. The number of barbiturate groups is 1. The van der Waals surface area contributed by atoms with Crippen LogP contribution in [0.15, 0.2) is 12.2 Å². The SMILES string of the molecule is CC=CC1(CCCC)C(=O)NC(=O)NC1=O. The van der Waals surface area contributed by atoms with Gasteiger partial charge in [0.05, 0.1) is 0 Å². The van der Waals surface area contributed by atoms with Crippen LogP contribution in [0.1, 0.15) is 33.1 Å². The highest BCUT2D eigenvalue weighted by Crippen LogP contribution is 2.29. The van der Waals surface area contributed by atoms with E-state index in [0.717, 1.165) is 12.8 Å². The highest BCUT2D eigenvalue weighted by Gasteiger charge is 2.47. The molecular weight excluding hydrogens is 208 g/mol. The van der Waals surface area contributed by atoms with Crippen molar-refractivity contribution >= 4 is 17.8 Å². The van der Waals surface area contributed by atoms with E-state index in [-0.39, 0.29) is 0 Å². The molecule has 0 saturated carbocycles. The van der Waals surface area contributed by atoms with Gasteiger partial charge in [-0.1, -0.05) is 31.9 Å².